The van der Waals surface area contributed by atoms with Gasteiger partial charge in [0.2, 0.25) is 0 Å². The van der Waals surface area contributed by atoms with Crippen LogP contribution in [0.3, 0.4) is 0 Å². The van der Waals surface area contributed by atoms with Gasteiger partial charge >= 0.3 is 5.97 Å². The van der Waals surface area contributed by atoms with Crippen LogP contribution in [0.2, 0.25) is 0 Å². The van der Waals surface area contributed by atoms with Crippen LogP contribution in [0.4, 0.5) is 0 Å². The second-order valence-corrected chi connectivity index (χ2v) is 7.45. The Bertz CT molecular complexity index is 1060. The molecule has 2 N–H and O–H groups in total. The molecule has 1 amide bonds. The fourth-order valence-corrected chi connectivity index (χ4v) is 3.00. The number of para-hydroxylation sites is 1. The number of aryl methyl sites for hydroxylation is 1. The van der Waals surface area contributed by atoms with Crippen LogP contribution >= 0.6 is 22.6 Å². The molecule has 6 heteroatoms. The van der Waals surface area contributed by atoms with Crippen molar-refractivity contribution in [2.24, 2.45) is 0 Å². The van der Waals surface area contributed by atoms with Gasteiger partial charge in [0.05, 0.1) is 3.57 Å². The number of nitrogens with one attached hydrogen (secondary N) is 1. The number of ether oxygens (including phenoxy) is 1. The summed E-state index contributed by atoms with van der Waals surface area (Å²) in [6.07, 6.45) is 1.41. The van der Waals surface area contributed by atoms with Gasteiger partial charge in [-0.3, -0.25) is 4.79 Å². The lowest BCUT2D eigenvalue weighted by molar-refractivity contribution is -0.132. The normalized spacial score (nSPS) is 11.0. The van der Waals surface area contributed by atoms with Crippen LogP contribution in [0.15, 0.2) is 78.5 Å². The van der Waals surface area contributed by atoms with Crippen LogP contribution in [-0.4, -0.2) is 17.0 Å². The molecule has 0 saturated heterocycles. The van der Waals surface area contributed by atoms with Crippen molar-refractivity contribution in [2.75, 3.05) is 0 Å². The highest BCUT2D eigenvalue weighted by Crippen LogP contribution is 2.26. The van der Waals surface area contributed by atoms with E-state index in [1.807, 2.05) is 31.2 Å². The highest BCUT2D eigenvalue weighted by molar-refractivity contribution is 14.1. The molecular formula is C23H18INO4. The fraction of sp³-hybridized carbons (Fsp3) is 0.0435. The minimum Gasteiger partial charge on any atom is -0.477 e. The zero-order valence-electron chi connectivity index (χ0n) is 15.6. The Hall–Kier alpha value is -3.13. The van der Waals surface area contributed by atoms with E-state index in [0.29, 0.717) is 16.9 Å². The summed E-state index contributed by atoms with van der Waals surface area (Å²) in [6.45, 7) is 1.91. The quantitative estimate of drug-likeness (QED) is 0.359. The molecule has 0 atom stereocenters. The van der Waals surface area contributed by atoms with E-state index in [4.69, 9.17) is 4.74 Å². The number of amides is 1. The molecule has 146 valence electrons. The Kier molecular flexibility index (Phi) is 6.66. The molecule has 0 aromatic heterocycles. The van der Waals surface area contributed by atoms with Crippen LogP contribution in [0.1, 0.15) is 21.5 Å². The van der Waals surface area contributed by atoms with E-state index in [1.54, 1.807) is 48.5 Å². The summed E-state index contributed by atoms with van der Waals surface area (Å²) in [5.74, 6) is -0.318. The van der Waals surface area contributed by atoms with Gasteiger partial charge in [-0.05, 0) is 77.6 Å². The Morgan fingerprint density at radius 1 is 0.966 bits per heavy atom. The first kappa shape index (κ1) is 20.6. The first-order valence-electron chi connectivity index (χ1n) is 8.78. The number of aliphatic carboxylic acids is 1. The van der Waals surface area contributed by atoms with Crippen molar-refractivity contribution >= 4 is 40.5 Å². The van der Waals surface area contributed by atoms with Gasteiger partial charge in [-0.15, -0.1) is 0 Å². The maximum absolute atomic E-state index is 12.3. The number of rotatable bonds is 6. The first-order valence-corrected chi connectivity index (χ1v) is 9.86. The Morgan fingerprint density at radius 3 is 2.24 bits per heavy atom. The molecule has 0 bridgehead atoms. The van der Waals surface area contributed by atoms with Gasteiger partial charge in [0.15, 0.2) is 0 Å². The highest BCUT2D eigenvalue weighted by atomic mass is 127. The van der Waals surface area contributed by atoms with Crippen molar-refractivity contribution in [1.29, 1.82) is 0 Å². The molecule has 0 aliphatic heterocycles. The molecule has 0 radical (unpaired) electrons. The molecule has 0 spiro atoms. The van der Waals surface area contributed by atoms with E-state index >= 15 is 0 Å². The number of hydrogen-bond donors (Lipinski definition) is 2. The molecule has 29 heavy (non-hydrogen) atoms. The van der Waals surface area contributed by atoms with Gasteiger partial charge < -0.3 is 15.2 Å². The average Bonchev–Trinajstić information content (AvgIpc) is 2.71. The van der Waals surface area contributed by atoms with E-state index in [1.165, 1.54) is 6.08 Å². The minimum atomic E-state index is -1.22. The van der Waals surface area contributed by atoms with Crippen molar-refractivity contribution in [3.8, 4) is 11.5 Å². The summed E-state index contributed by atoms with van der Waals surface area (Å²) >= 11 is 2.19. The molecule has 0 unspecified atom stereocenters. The maximum atomic E-state index is 12.3. The lowest BCUT2D eigenvalue weighted by Gasteiger charge is -2.09. The monoisotopic (exact) mass is 499 g/mol. The Balaban J connectivity index is 1.75. The van der Waals surface area contributed by atoms with Crippen LogP contribution in [-0.2, 0) is 4.79 Å². The van der Waals surface area contributed by atoms with E-state index in [0.717, 1.165) is 14.9 Å². The lowest BCUT2D eigenvalue weighted by Crippen LogP contribution is -2.27. The summed E-state index contributed by atoms with van der Waals surface area (Å²) in [4.78, 5) is 23.9. The molecule has 5 nitrogen and oxygen atoms in total. The third kappa shape index (κ3) is 5.68. The molecule has 3 aromatic carbocycles. The van der Waals surface area contributed by atoms with Gasteiger partial charge in [0, 0.05) is 5.56 Å². The van der Waals surface area contributed by atoms with Crippen LogP contribution in [0.25, 0.3) is 6.08 Å². The second-order valence-electron chi connectivity index (χ2n) is 6.28. The van der Waals surface area contributed by atoms with Gasteiger partial charge in [0.25, 0.3) is 5.91 Å². The topological polar surface area (TPSA) is 75.6 Å². The van der Waals surface area contributed by atoms with Crippen molar-refractivity contribution in [2.45, 2.75) is 6.92 Å². The zero-order valence-corrected chi connectivity index (χ0v) is 17.7. The van der Waals surface area contributed by atoms with Gasteiger partial charge in [-0.2, -0.15) is 0 Å². The summed E-state index contributed by atoms with van der Waals surface area (Å²) < 4.78 is 6.82. The number of hydrogen-bond acceptors (Lipinski definition) is 3. The van der Waals surface area contributed by atoms with E-state index in [2.05, 4.69) is 27.9 Å². The van der Waals surface area contributed by atoms with Crippen molar-refractivity contribution in [3.63, 3.8) is 0 Å². The number of carboxylic acids is 1. The maximum Gasteiger partial charge on any atom is 0.352 e. The highest BCUT2D eigenvalue weighted by Gasteiger charge is 2.13. The first-order chi connectivity index (χ1) is 13.9. The van der Waals surface area contributed by atoms with Crippen LogP contribution < -0.4 is 10.1 Å². The molecule has 0 heterocycles. The van der Waals surface area contributed by atoms with Crippen molar-refractivity contribution in [3.05, 3.63) is 98.8 Å². The number of benzene rings is 3. The number of carbonyl (C=O) groups excluding carboxylic acids is 1. The average molecular weight is 499 g/mol. The van der Waals surface area contributed by atoms with Crippen LogP contribution in [0, 0.1) is 10.5 Å². The summed E-state index contributed by atoms with van der Waals surface area (Å²) in [5.41, 5.74) is 1.83. The summed E-state index contributed by atoms with van der Waals surface area (Å²) in [5, 5.41) is 11.9. The zero-order chi connectivity index (χ0) is 20.8. The molecule has 3 rings (SSSR count). The van der Waals surface area contributed by atoms with Gasteiger partial charge in [-0.1, -0.05) is 42.0 Å². The lowest BCUT2D eigenvalue weighted by atomic mass is 10.1. The SMILES string of the molecule is Cc1ccc(C(=O)N/C(=C\c2ccc(Oc3ccccc3I)cc2)C(=O)O)cc1. The Labute approximate surface area is 182 Å². The largest absolute Gasteiger partial charge is 0.477 e. The van der Waals surface area contributed by atoms with E-state index in [-0.39, 0.29) is 5.70 Å². The third-order valence-electron chi connectivity index (χ3n) is 4.05. The molecular weight excluding hydrogens is 481 g/mol. The molecule has 0 aliphatic carbocycles. The minimum absolute atomic E-state index is 0.207. The van der Waals surface area contributed by atoms with Crippen molar-refractivity contribution in [1.82, 2.24) is 5.32 Å². The van der Waals surface area contributed by atoms with Crippen LogP contribution in [0.5, 0.6) is 11.5 Å². The number of carbonyl (C=O) groups is 2. The predicted octanol–water partition coefficient (Wildman–Crippen LogP) is 5.25. The molecule has 0 fully saturated rings. The van der Waals surface area contributed by atoms with Gasteiger partial charge in [-0.25, -0.2) is 4.79 Å². The molecule has 0 saturated carbocycles. The number of halogens is 1. The van der Waals surface area contributed by atoms with E-state index < -0.39 is 11.9 Å². The predicted molar refractivity (Wildman–Crippen MR) is 120 cm³/mol. The summed E-state index contributed by atoms with van der Waals surface area (Å²) in [6, 6.07) is 21.5. The standard InChI is InChI=1S/C23H18INO4/c1-15-6-10-17(11-7-15)22(26)25-20(23(27)28)14-16-8-12-18(13-9-16)29-21-5-3-2-4-19(21)24/h2-14H,1H3,(H,25,26)(H,27,28)/b20-14-. The molecule has 0 aliphatic rings. The second kappa shape index (κ2) is 9.38. The Morgan fingerprint density at radius 2 is 1.62 bits per heavy atom. The van der Waals surface area contributed by atoms with Gasteiger partial charge in [0.1, 0.15) is 17.2 Å². The smallest absolute Gasteiger partial charge is 0.352 e. The fourth-order valence-electron chi connectivity index (χ4n) is 2.50. The summed E-state index contributed by atoms with van der Waals surface area (Å²) in [7, 11) is 0. The molecule has 3 aromatic rings. The third-order valence-corrected chi connectivity index (χ3v) is 4.94. The number of carboxylic acid groups (broad SMARTS) is 1. The van der Waals surface area contributed by atoms with E-state index in [9.17, 15) is 14.7 Å². The van der Waals surface area contributed by atoms with Crippen molar-refractivity contribution < 1.29 is 19.4 Å².